The number of ketones is 1. The number of ether oxygens (including phenoxy) is 1. The molecule has 1 aromatic rings. The molecule has 29 heavy (non-hydrogen) atoms. The largest absolute Gasteiger partial charge is 0.467 e. The van der Waals surface area contributed by atoms with Gasteiger partial charge in [0, 0.05) is 30.5 Å². The molecular formula is C21H33N3O4S. The van der Waals surface area contributed by atoms with Crippen LogP contribution in [0, 0.1) is 17.8 Å². The Morgan fingerprint density at radius 1 is 1.41 bits per heavy atom. The van der Waals surface area contributed by atoms with Crippen molar-refractivity contribution >= 4 is 23.0 Å². The quantitative estimate of drug-likeness (QED) is 0.500. The van der Waals surface area contributed by atoms with Gasteiger partial charge in [-0.2, -0.15) is 0 Å². The van der Waals surface area contributed by atoms with Crippen molar-refractivity contribution in [3.63, 3.8) is 0 Å². The van der Waals surface area contributed by atoms with Gasteiger partial charge < -0.3 is 20.5 Å². The third-order valence-electron chi connectivity index (χ3n) is 5.76. The summed E-state index contributed by atoms with van der Waals surface area (Å²) in [6.07, 6.45) is 5.89. The second-order valence-corrected chi connectivity index (χ2v) is 10.3. The number of carbonyl (C=O) groups excluding carboxylic acids is 2. The average Bonchev–Trinajstić information content (AvgIpc) is 3.38. The Bertz CT molecular complexity index is 715. The fourth-order valence-electron chi connectivity index (χ4n) is 4.24. The number of aromatic nitrogens is 1. The van der Waals surface area contributed by atoms with E-state index in [-0.39, 0.29) is 24.0 Å². The Morgan fingerprint density at radius 3 is 2.90 bits per heavy atom. The summed E-state index contributed by atoms with van der Waals surface area (Å²) >= 11 is 1.17. The summed E-state index contributed by atoms with van der Waals surface area (Å²) < 4.78 is 5.50. The molecule has 4 unspecified atom stereocenters. The number of nitrogens with one attached hydrogen (secondary N) is 2. The lowest BCUT2D eigenvalue weighted by molar-refractivity contribution is -0.125. The van der Waals surface area contributed by atoms with Gasteiger partial charge in [0.15, 0.2) is 0 Å². The van der Waals surface area contributed by atoms with E-state index in [1.807, 2.05) is 20.8 Å². The van der Waals surface area contributed by atoms with Crippen molar-refractivity contribution in [3.8, 4) is 5.19 Å². The Kier molecular flexibility index (Phi) is 7.29. The van der Waals surface area contributed by atoms with Crippen molar-refractivity contribution in [3.05, 3.63) is 11.1 Å². The number of amides is 1. The summed E-state index contributed by atoms with van der Waals surface area (Å²) in [6, 6.07) is 0. The molecule has 7 nitrogen and oxygen atoms in total. The van der Waals surface area contributed by atoms with E-state index >= 15 is 0 Å². The van der Waals surface area contributed by atoms with E-state index in [0.29, 0.717) is 40.8 Å². The molecule has 1 amide bonds. The number of nitrogens with zero attached hydrogens (tertiary/aromatic N) is 1. The van der Waals surface area contributed by atoms with Gasteiger partial charge in [-0.25, -0.2) is 4.98 Å². The van der Waals surface area contributed by atoms with Crippen molar-refractivity contribution < 1.29 is 19.4 Å². The number of aliphatic hydroxyl groups excluding tert-OH is 1. The van der Waals surface area contributed by atoms with Crippen LogP contribution in [0.2, 0.25) is 0 Å². The smallest absolute Gasteiger partial charge is 0.273 e. The summed E-state index contributed by atoms with van der Waals surface area (Å²) in [6.45, 7) is 7.19. The monoisotopic (exact) mass is 423 g/mol. The topological polar surface area (TPSA) is 101 Å². The normalized spacial score (nSPS) is 24.7. The molecule has 3 rings (SSSR count). The van der Waals surface area contributed by atoms with Crippen molar-refractivity contribution in [1.82, 2.24) is 15.6 Å². The summed E-state index contributed by atoms with van der Waals surface area (Å²) in [5, 5.41) is 16.5. The summed E-state index contributed by atoms with van der Waals surface area (Å²) in [7, 11) is 0. The first-order chi connectivity index (χ1) is 13.7. The first kappa shape index (κ1) is 22.2. The van der Waals surface area contributed by atoms with E-state index in [1.54, 1.807) is 0 Å². The second kappa shape index (κ2) is 9.53. The highest BCUT2D eigenvalue weighted by Crippen LogP contribution is 2.47. The molecule has 3 N–H and O–H groups in total. The van der Waals surface area contributed by atoms with Gasteiger partial charge in [-0.15, -0.1) is 0 Å². The highest BCUT2D eigenvalue weighted by molar-refractivity contribution is 7.15. The molecule has 0 saturated heterocycles. The fraction of sp³-hybridized carbons (Fsp3) is 0.762. The van der Waals surface area contributed by atoms with Crippen LogP contribution in [0.3, 0.4) is 0 Å². The van der Waals surface area contributed by atoms with Gasteiger partial charge in [-0.05, 0) is 58.8 Å². The highest BCUT2D eigenvalue weighted by Gasteiger charge is 2.45. The fourth-order valence-corrected chi connectivity index (χ4v) is 4.94. The van der Waals surface area contributed by atoms with Crippen LogP contribution in [0.5, 0.6) is 5.19 Å². The summed E-state index contributed by atoms with van der Waals surface area (Å²) in [5.74, 6) is 1.40. The Balaban J connectivity index is 1.33. The molecular weight excluding hydrogens is 390 g/mol. The second-order valence-electron chi connectivity index (χ2n) is 9.26. The highest BCUT2D eigenvalue weighted by atomic mass is 32.1. The molecule has 2 bridgehead atoms. The SMILES string of the molecule is CC(C)(C)NCC(O)COc1ncc(C(=O)NCCCC2C(=O)C3CCC2C3)s1. The molecule has 2 fully saturated rings. The molecule has 0 aliphatic heterocycles. The molecule has 162 valence electrons. The van der Waals surface area contributed by atoms with E-state index in [1.165, 1.54) is 24.0 Å². The zero-order chi connectivity index (χ0) is 21.0. The zero-order valence-corrected chi connectivity index (χ0v) is 18.4. The Labute approximate surface area is 176 Å². The van der Waals surface area contributed by atoms with E-state index in [4.69, 9.17) is 4.74 Å². The van der Waals surface area contributed by atoms with Crippen molar-refractivity contribution in [2.75, 3.05) is 19.7 Å². The maximum absolute atomic E-state index is 12.3. The van der Waals surface area contributed by atoms with Crippen molar-refractivity contribution in [2.24, 2.45) is 17.8 Å². The molecule has 1 heterocycles. The Hall–Kier alpha value is -1.51. The van der Waals surface area contributed by atoms with Gasteiger partial charge in [0.25, 0.3) is 11.1 Å². The number of β-amino-alcohol motifs (C(OH)–C–C–N with tert-alkyl or cyclic N) is 1. The van der Waals surface area contributed by atoms with E-state index < -0.39 is 6.10 Å². The molecule has 2 saturated carbocycles. The molecule has 4 atom stereocenters. The van der Waals surface area contributed by atoms with Gasteiger partial charge in [0.05, 0.1) is 6.20 Å². The van der Waals surface area contributed by atoms with Crippen LogP contribution < -0.4 is 15.4 Å². The number of hydrogen-bond acceptors (Lipinski definition) is 7. The molecule has 1 aromatic heterocycles. The number of carbonyl (C=O) groups is 2. The number of fused-ring (bicyclic) bond motifs is 2. The van der Waals surface area contributed by atoms with Crippen LogP contribution in [-0.4, -0.2) is 53.1 Å². The summed E-state index contributed by atoms with van der Waals surface area (Å²) in [5.41, 5.74) is -0.0714. The van der Waals surface area contributed by atoms with Crippen LogP contribution >= 0.6 is 11.3 Å². The average molecular weight is 424 g/mol. The standard InChI is InChI=1S/C21H33N3O4S/c1-21(2,3)24-10-15(25)12-28-20-23-11-17(29-20)19(27)22-8-4-5-16-13-6-7-14(9-13)18(16)26/h11,13-16,24-25H,4-10,12H2,1-3H3,(H,22,27). The van der Waals surface area contributed by atoms with Gasteiger partial charge in [-0.1, -0.05) is 11.3 Å². The van der Waals surface area contributed by atoms with Gasteiger partial charge in [0.1, 0.15) is 23.4 Å². The summed E-state index contributed by atoms with van der Waals surface area (Å²) in [4.78, 5) is 29.1. The molecule has 0 spiro atoms. The van der Waals surface area contributed by atoms with E-state index in [9.17, 15) is 14.7 Å². The Morgan fingerprint density at radius 2 is 2.21 bits per heavy atom. The van der Waals surface area contributed by atoms with Crippen molar-refractivity contribution in [2.45, 2.75) is 64.5 Å². The first-order valence-electron chi connectivity index (χ1n) is 10.6. The molecule has 2 aliphatic rings. The third kappa shape index (κ3) is 6.23. The van der Waals surface area contributed by atoms with Gasteiger partial charge in [-0.3, -0.25) is 9.59 Å². The number of thiazole rings is 1. The number of Topliss-reactive ketones (excluding diaryl/α,β-unsaturated/α-hetero) is 1. The first-order valence-corrected chi connectivity index (χ1v) is 11.4. The number of aliphatic hydroxyl groups is 1. The molecule has 8 heteroatoms. The minimum atomic E-state index is -0.649. The van der Waals surface area contributed by atoms with E-state index in [2.05, 4.69) is 15.6 Å². The van der Waals surface area contributed by atoms with Crippen LogP contribution in [0.25, 0.3) is 0 Å². The lowest BCUT2D eigenvalue weighted by atomic mass is 9.84. The zero-order valence-electron chi connectivity index (χ0n) is 17.6. The minimum absolute atomic E-state index is 0.0714. The number of rotatable bonds is 10. The van der Waals surface area contributed by atoms with E-state index in [0.717, 1.165) is 25.7 Å². The van der Waals surface area contributed by atoms with Gasteiger partial charge >= 0.3 is 0 Å². The molecule has 0 radical (unpaired) electrons. The lowest BCUT2D eigenvalue weighted by Gasteiger charge is -2.22. The van der Waals surface area contributed by atoms with Crippen molar-refractivity contribution in [1.29, 1.82) is 0 Å². The van der Waals surface area contributed by atoms with Gasteiger partial charge in [0.2, 0.25) is 0 Å². The van der Waals surface area contributed by atoms with Crippen LogP contribution in [0.15, 0.2) is 6.20 Å². The molecule has 2 aliphatic carbocycles. The predicted molar refractivity (Wildman–Crippen MR) is 112 cm³/mol. The lowest BCUT2D eigenvalue weighted by Crippen LogP contribution is -2.42. The maximum Gasteiger partial charge on any atom is 0.273 e. The third-order valence-corrected chi connectivity index (χ3v) is 6.67. The van der Waals surface area contributed by atoms with Crippen LogP contribution in [0.1, 0.15) is 62.5 Å². The minimum Gasteiger partial charge on any atom is -0.467 e. The van der Waals surface area contributed by atoms with Crippen LogP contribution in [-0.2, 0) is 4.79 Å². The number of hydrogen-bond donors (Lipinski definition) is 3. The molecule has 0 aromatic carbocycles. The predicted octanol–water partition coefficient (Wildman–Crippen LogP) is 2.40. The van der Waals surface area contributed by atoms with Crippen LogP contribution in [0.4, 0.5) is 0 Å². The maximum atomic E-state index is 12.3.